The molecule has 2 aromatic carbocycles. The van der Waals surface area contributed by atoms with E-state index in [2.05, 4.69) is 21.3 Å². The molecule has 134 valence electrons. The highest BCUT2D eigenvalue weighted by Crippen LogP contribution is 2.18. The van der Waals surface area contributed by atoms with Crippen LogP contribution < -0.4 is 5.32 Å². The summed E-state index contributed by atoms with van der Waals surface area (Å²) in [7, 11) is 0. The van der Waals surface area contributed by atoms with Crippen molar-refractivity contribution in [2.75, 3.05) is 13.1 Å². The van der Waals surface area contributed by atoms with Gasteiger partial charge in [-0.3, -0.25) is 9.69 Å². The minimum atomic E-state index is 0.0152. The summed E-state index contributed by atoms with van der Waals surface area (Å²) in [5.74, 6) is 0.0152. The number of hydrogen-bond donors (Lipinski definition) is 2. The van der Waals surface area contributed by atoms with E-state index >= 15 is 0 Å². The van der Waals surface area contributed by atoms with Crippen LogP contribution in [0.25, 0.3) is 10.9 Å². The van der Waals surface area contributed by atoms with Crippen molar-refractivity contribution in [2.24, 2.45) is 0 Å². The maximum Gasteiger partial charge on any atom is 0.251 e. The molecule has 2 heterocycles. The van der Waals surface area contributed by atoms with Crippen LogP contribution in [0.4, 0.5) is 0 Å². The van der Waals surface area contributed by atoms with E-state index in [1.165, 1.54) is 5.56 Å². The van der Waals surface area contributed by atoms with Crippen molar-refractivity contribution < 1.29 is 4.79 Å². The molecule has 0 unspecified atom stereocenters. The first kappa shape index (κ1) is 17.1. The average Bonchev–Trinajstić information content (AvgIpc) is 3.11. The molecule has 0 atom stereocenters. The number of amides is 1. The van der Waals surface area contributed by atoms with Crippen molar-refractivity contribution in [3.8, 4) is 0 Å². The van der Waals surface area contributed by atoms with Crippen LogP contribution in [0.15, 0.2) is 54.7 Å². The third-order valence-electron chi connectivity index (χ3n) is 5.03. The molecule has 0 bridgehead atoms. The number of nitrogens with zero attached hydrogens (tertiary/aromatic N) is 1. The minimum Gasteiger partial charge on any atom is -0.361 e. The smallest absolute Gasteiger partial charge is 0.251 e. The fourth-order valence-electron chi connectivity index (χ4n) is 3.59. The lowest BCUT2D eigenvalue weighted by Crippen LogP contribution is -2.44. The van der Waals surface area contributed by atoms with Crippen molar-refractivity contribution >= 4 is 28.4 Å². The van der Waals surface area contributed by atoms with Gasteiger partial charge in [-0.1, -0.05) is 23.7 Å². The normalized spacial score (nSPS) is 16.0. The van der Waals surface area contributed by atoms with E-state index in [0.29, 0.717) is 0 Å². The Balaban J connectivity index is 1.31. The quantitative estimate of drug-likeness (QED) is 0.725. The molecule has 26 heavy (non-hydrogen) atoms. The van der Waals surface area contributed by atoms with Crippen LogP contribution in [-0.2, 0) is 6.54 Å². The summed E-state index contributed by atoms with van der Waals surface area (Å²) in [4.78, 5) is 18.1. The first-order valence-electron chi connectivity index (χ1n) is 9.02. The van der Waals surface area contributed by atoms with Crippen molar-refractivity contribution in [1.82, 2.24) is 15.2 Å². The Bertz CT molecular complexity index is 912. The topological polar surface area (TPSA) is 48.1 Å². The lowest BCUT2D eigenvalue weighted by atomic mass is 10.0. The Morgan fingerprint density at radius 1 is 1.15 bits per heavy atom. The van der Waals surface area contributed by atoms with Crippen molar-refractivity contribution in [3.05, 3.63) is 70.9 Å². The van der Waals surface area contributed by atoms with Crippen LogP contribution in [0, 0.1) is 0 Å². The highest BCUT2D eigenvalue weighted by atomic mass is 35.5. The molecule has 4 rings (SSSR count). The van der Waals surface area contributed by atoms with Crippen molar-refractivity contribution in [1.29, 1.82) is 0 Å². The molecule has 3 aromatic rings. The SMILES string of the molecule is O=C(NC1CCN(Cc2cccc(Cl)c2)CC1)c1ccc2[nH]ccc2c1. The molecule has 2 N–H and O–H groups in total. The summed E-state index contributed by atoms with van der Waals surface area (Å²) in [6, 6.07) is 16.0. The molecule has 1 aliphatic heterocycles. The number of rotatable bonds is 4. The monoisotopic (exact) mass is 367 g/mol. The predicted octanol–water partition coefficient (Wildman–Crippen LogP) is 4.22. The zero-order valence-corrected chi connectivity index (χ0v) is 15.3. The second-order valence-electron chi connectivity index (χ2n) is 6.93. The molecule has 1 amide bonds. The molecule has 1 fully saturated rings. The van der Waals surface area contributed by atoms with E-state index in [-0.39, 0.29) is 11.9 Å². The van der Waals surface area contributed by atoms with E-state index in [9.17, 15) is 4.79 Å². The average molecular weight is 368 g/mol. The minimum absolute atomic E-state index is 0.0152. The van der Waals surface area contributed by atoms with Crippen LogP contribution in [0.2, 0.25) is 5.02 Å². The van der Waals surface area contributed by atoms with Gasteiger partial charge in [0.25, 0.3) is 5.91 Å². The van der Waals surface area contributed by atoms with Crippen LogP contribution in [-0.4, -0.2) is 34.9 Å². The van der Waals surface area contributed by atoms with Gasteiger partial charge >= 0.3 is 0 Å². The van der Waals surface area contributed by atoms with E-state index in [1.54, 1.807) is 0 Å². The van der Waals surface area contributed by atoms with E-state index in [4.69, 9.17) is 11.6 Å². The summed E-state index contributed by atoms with van der Waals surface area (Å²) in [5, 5.41) is 5.03. The van der Waals surface area contributed by atoms with Gasteiger partial charge < -0.3 is 10.3 Å². The van der Waals surface area contributed by atoms with E-state index in [0.717, 1.165) is 54.0 Å². The molecule has 1 aromatic heterocycles. The zero-order valence-electron chi connectivity index (χ0n) is 14.5. The van der Waals surface area contributed by atoms with Gasteiger partial charge in [0, 0.05) is 53.4 Å². The van der Waals surface area contributed by atoms with Gasteiger partial charge in [0.1, 0.15) is 0 Å². The number of carbonyl (C=O) groups is 1. The molecule has 1 saturated heterocycles. The van der Waals surface area contributed by atoms with Gasteiger partial charge in [-0.05, 0) is 54.8 Å². The number of aromatic nitrogens is 1. The lowest BCUT2D eigenvalue weighted by molar-refractivity contribution is 0.0909. The van der Waals surface area contributed by atoms with Crippen LogP contribution in [0.5, 0.6) is 0 Å². The molecule has 0 saturated carbocycles. The Morgan fingerprint density at radius 3 is 2.81 bits per heavy atom. The molecule has 5 heteroatoms. The third-order valence-corrected chi connectivity index (χ3v) is 5.27. The number of benzene rings is 2. The highest BCUT2D eigenvalue weighted by Gasteiger charge is 2.21. The zero-order chi connectivity index (χ0) is 17.9. The van der Waals surface area contributed by atoms with Crippen molar-refractivity contribution in [2.45, 2.75) is 25.4 Å². The van der Waals surface area contributed by atoms with E-state index < -0.39 is 0 Å². The Morgan fingerprint density at radius 2 is 2.00 bits per heavy atom. The number of carbonyl (C=O) groups excluding carboxylic acids is 1. The summed E-state index contributed by atoms with van der Waals surface area (Å²) in [5.41, 5.74) is 3.01. The number of H-pyrrole nitrogens is 1. The van der Waals surface area contributed by atoms with Crippen LogP contribution in [0.3, 0.4) is 0 Å². The summed E-state index contributed by atoms with van der Waals surface area (Å²) in [6.45, 7) is 2.87. The second kappa shape index (κ2) is 7.52. The number of aromatic amines is 1. The highest BCUT2D eigenvalue weighted by molar-refractivity contribution is 6.30. The molecule has 1 aliphatic rings. The number of nitrogens with one attached hydrogen (secondary N) is 2. The van der Waals surface area contributed by atoms with Gasteiger partial charge in [0.05, 0.1) is 0 Å². The predicted molar refractivity (Wildman–Crippen MR) is 106 cm³/mol. The first-order chi connectivity index (χ1) is 12.7. The molecule has 0 spiro atoms. The molecular formula is C21H22ClN3O. The van der Waals surface area contributed by atoms with Gasteiger partial charge in [-0.15, -0.1) is 0 Å². The molecule has 0 radical (unpaired) electrons. The van der Waals surface area contributed by atoms with E-state index in [1.807, 2.05) is 48.7 Å². The summed E-state index contributed by atoms with van der Waals surface area (Å²) >= 11 is 6.06. The Labute approximate surface area is 158 Å². The summed E-state index contributed by atoms with van der Waals surface area (Å²) < 4.78 is 0. The Hall–Kier alpha value is -2.30. The van der Waals surface area contributed by atoms with Gasteiger partial charge in [-0.2, -0.15) is 0 Å². The first-order valence-corrected chi connectivity index (χ1v) is 9.40. The van der Waals surface area contributed by atoms with Crippen LogP contribution in [0.1, 0.15) is 28.8 Å². The maximum atomic E-state index is 12.5. The van der Waals surface area contributed by atoms with Crippen LogP contribution >= 0.6 is 11.6 Å². The molecule has 4 nitrogen and oxygen atoms in total. The largest absolute Gasteiger partial charge is 0.361 e. The Kier molecular flexibility index (Phi) is 4.96. The molecular weight excluding hydrogens is 346 g/mol. The summed E-state index contributed by atoms with van der Waals surface area (Å²) in [6.07, 6.45) is 3.83. The third kappa shape index (κ3) is 3.92. The maximum absolute atomic E-state index is 12.5. The van der Waals surface area contributed by atoms with Gasteiger partial charge in [0.2, 0.25) is 0 Å². The number of fused-ring (bicyclic) bond motifs is 1. The van der Waals surface area contributed by atoms with Gasteiger partial charge in [-0.25, -0.2) is 0 Å². The number of likely N-dealkylation sites (tertiary alicyclic amines) is 1. The fourth-order valence-corrected chi connectivity index (χ4v) is 3.81. The number of hydrogen-bond acceptors (Lipinski definition) is 2. The molecule has 0 aliphatic carbocycles. The van der Waals surface area contributed by atoms with Crippen molar-refractivity contribution in [3.63, 3.8) is 0 Å². The van der Waals surface area contributed by atoms with Gasteiger partial charge in [0.15, 0.2) is 0 Å². The number of halogens is 1. The fraction of sp³-hybridized carbons (Fsp3) is 0.286. The second-order valence-corrected chi connectivity index (χ2v) is 7.37. The lowest BCUT2D eigenvalue weighted by Gasteiger charge is -2.32. The number of piperidine rings is 1. The standard InChI is InChI=1S/C21H22ClN3O/c22-18-3-1-2-15(12-18)14-25-10-7-19(8-11-25)24-21(26)17-4-5-20-16(13-17)6-9-23-20/h1-6,9,12-13,19,23H,7-8,10-11,14H2,(H,24,26).